The lowest BCUT2D eigenvalue weighted by Crippen LogP contribution is -2.48. The standard InChI is InChI=1S/C19H14N2O3/c1-24-15-10-20-16(11-6-2-4-8-13(11)18(20)22)17-12-7-3-5-9-14(12)19(23)21(15)17/h2-9,15H,10H2,1H3/t15-/m1/s1. The molecule has 0 saturated heterocycles. The number of methoxy groups -OCH3 is 1. The molecule has 3 heterocycles. The molecule has 0 N–H and O–H groups in total. The van der Waals surface area contributed by atoms with Crippen LogP contribution in [0.4, 0.5) is 0 Å². The average molecular weight is 318 g/mol. The van der Waals surface area contributed by atoms with E-state index < -0.39 is 6.23 Å². The first kappa shape index (κ1) is 13.5. The van der Waals surface area contributed by atoms with E-state index in [4.69, 9.17) is 4.74 Å². The van der Waals surface area contributed by atoms with Crippen LogP contribution >= 0.6 is 0 Å². The van der Waals surface area contributed by atoms with Gasteiger partial charge in [0.05, 0.1) is 17.9 Å². The number of nitrogens with zero attached hydrogens (tertiary/aromatic N) is 2. The van der Waals surface area contributed by atoms with Gasteiger partial charge in [0.1, 0.15) is 0 Å². The summed E-state index contributed by atoms with van der Waals surface area (Å²) in [6, 6.07) is 15.1. The molecular formula is C19H14N2O3. The van der Waals surface area contributed by atoms with Crippen LogP contribution < -0.4 is 0 Å². The number of fused-ring (bicyclic) bond motifs is 6. The Balaban J connectivity index is 1.87. The van der Waals surface area contributed by atoms with Gasteiger partial charge in [-0.2, -0.15) is 0 Å². The number of ether oxygens (including phenoxy) is 1. The summed E-state index contributed by atoms with van der Waals surface area (Å²) < 4.78 is 5.54. The van der Waals surface area contributed by atoms with Crippen LogP contribution in [-0.2, 0) is 4.74 Å². The Morgan fingerprint density at radius 1 is 0.833 bits per heavy atom. The second-order valence-corrected chi connectivity index (χ2v) is 6.07. The second-order valence-electron chi connectivity index (χ2n) is 6.07. The minimum atomic E-state index is -0.484. The van der Waals surface area contributed by atoms with E-state index in [2.05, 4.69) is 0 Å². The fourth-order valence-electron chi connectivity index (χ4n) is 3.87. The number of benzene rings is 2. The molecule has 0 aliphatic carbocycles. The lowest BCUT2D eigenvalue weighted by Gasteiger charge is -2.38. The van der Waals surface area contributed by atoms with E-state index in [0.29, 0.717) is 17.7 Å². The quantitative estimate of drug-likeness (QED) is 0.811. The van der Waals surface area contributed by atoms with Gasteiger partial charge in [0, 0.05) is 29.4 Å². The summed E-state index contributed by atoms with van der Waals surface area (Å²) in [5, 5.41) is 0. The molecule has 118 valence electrons. The van der Waals surface area contributed by atoms with Crippen molar-refractivity contribution in [1.29, 1.82) is 0 Å². The van der Waals surface area contributed by atoms with Gasteiger partial charge in [-0.1, -0.05) is 36.4 Å². The molecule has 0 unspecified atom stereocenters. The van der Waals surface area contributed by atoms with Gasteiger partial charge >= 0.3 is 0 Å². The van der Waals surface area contributed by atoms with Gasteiger partial charge in [-0.25, -0.2) is 0 Å². The van der Waals surface area contributed by atoms with Crippen molar-refractivity contribution in [3.8, 4) is 0 Å². The van der Waals surface area contributed by atoms with E-state index >= 15 is 0 Å². The molecule has 0 saturated carbocycles. The maximum absolute atomic E-state index is 12.9. The minimum Gasteiger partial charge on any atom is -0.359 e. The van der Waals surface area contributed by atoms with Crippen molar-refractivity contribution < 1.29 is 14.3 Å². The van der Waals surface area contributed by atoms with E-state index in [9.17, 15) is 9.59 Å². The van der Waals surface area contributed by atoms with Crippen molar-refractivity contribution in [2.75, 3.05) is 13.7 Å². The van der Waals surface area contributed by atoms with E-state index in [1.807, 2.05) is 48.5 Å². The molecule has 3 aliphatic heterocycles. The predicted molar refractivity (Wildman–Crippen MR) is 87.7 cm³/mol. The SMILES string of the molecule is CO[C@@H]1CN2C(=O)c3ccccc3C2=C2c3ccccc3C(=O)N21. The van der Waals surface area contributed by atoms with Crippen LogP contribution in [-0.4, -0.2) is 41.5 Å². The topological polar surface area (TPSA) is 49.9 Å². The molecule has 0 fully saturated rings. The first-order valence-electron chi connectivity index (χ1n) is 7.83. The number of hydrogen-bond donors (Lipinski definition) is 0. The summed E-state index contributed by atoms with van der Waals surface area (Å²) in [6.45, 7) is 0.336. The molecule has 2 aromatic rings. The monoisotopic (exact) mass is 318 g/mol. The number of carbonyl (C=O) groups is 2. The molecule has 5 nitrogen and oxygen atoms in total. The lowest BCUT2D eigenvalue weighted by atomic mass is 10.0. The van der Waals surface area contributed by atoms with Gasteiger partial charge in [-0.05, 0) is 12.1 Å². The molecule has 2 amide bonds. The van der Waals surface area contributed by atoms with Crippen molar-refractivity contribution in [1.82, 2.24) is 9.80 Å². The molecule has 0 bridgehead atoms. The van der Waals surface area contributed by atoms with Gasteiger partial charge in [0.25, 0.3) is 11.8 Å². The molecule has 24 heavy (non-hydrogen) atoms. The van der Waals surface area contributed by atoms with Crippen LogP contribution in [0.5, 0.6) is 0 Å². The fraction of sp³-hybridized carbons (Fsp3) is 0.158. The average Bonchev–Trinajstić information content (AvgIpc) is 3.08. The maximum Gasteiger partial charge on any atom is 0.261 e. The van der Waals surface area contributed by atoms with Crippen molar-refractivity contribution in [3.05, 3.63) is 70.8 Å². The van der Waals surface area contributed by atoms with Crippen LogP contribution in [0.25, 0.3) is 11.4 Å². The van der Waals surface area contributed by atoms with Crippen LogP contribution in [0.2, 0.25) is 0 Å². The molecule has 1 atom stereocenters. The zero-order valence-corrected chi connectivity index (χ0v) is 13.0. The highest BCUT2D eigenvalue weighted by atomic mass is 16.5. The Kier molecular flexibility index (Phi) is 2.56. The third-order valence-electron chi connectivity index (χ3n) is 4.92. The number of amides is 2. The molecule has 0 radical (unpaired) electrons. The van der Waals surface area contributed by atoms with Crippen molar-refractivity contribution in [2.45, 2.75) is 6.23 Å². The zero-order chi connectivity index (χ0) is 16.4. The summed E-state index contributed by atoms with van der Waals surface area (Å²) in [6.07, 6.45) is -0.484. The lowest BCUT2D eigenvalue weighted by molar-refractivity contribution is -0.00856. The van der Waals surface area contributed by atoms with Gasteiger partial charge < -0.3 is 9.64 Å². The van der Waals surface area contributed by atoms with E-state index in [1.54, 1.807) is 16.9 Å². The molecule has 5 heteroatoms. The summed E-state index contributed by atoms with van der Waals surface area (Å²) in [7, 11) is 1.57. The first-order valence-corrected chi connectivity index (χ1v) is 7.83. The summed E-state index contributed by atoms with van der Waals surface area (Å²) in [5.74, 6) is -0.108. The molecule has 0 spiro atoms. The smallest absolute Gasteiger partial charge is 0.261 e. The van der Waals surface area contributed by atoms with Crippen LogP contribution in [0.15, 0.2) is 48.5 Å². The van der Waals surface area contributed by atoms with E-state index in [-0.39, 0.29) is 11.8 Å². The van der Waals surface area contributed by atoms with E-state index in [0.717, 1.165) is 22.5 Å². The second kappa shape index (κ2) is 4.55. The highest BCUT2D eigenvalue weighted by molar-refractivity contribution is 6.20. The van der Waals surface area contributed by atoms with Crippen LogP contribution in [0.1, 0.15) is 31.8 Å². The number of rotatable bonds is 1. The Hall–Kier alpha value is -2.92. The van der Waals surface area contributed by atoms with Crippen molar-refractivity contribution >= 4 is 23.2 Å². The maximum atomic E-state index is 12.9. The molecule has 5 rings (SSSR count). The van der Waals surface area contributed by atoms with Crippen LogP contribution in [0, 0.1) is 0 Å². The molecular weight excluding hydrogens is 304 g/mol. The number of carbonyl (C=O) groups excluding carboxylic acids is 2. The van der Waals surface area contributed by atoms with Crippen molar-refractivity contribution in [3.63, 3.8) is 0 Å². The Morgan fingerprint density at radius 3 is 2.00 bits per heavy atom. The number of hydrogen-bond acceptors (Lipinski definition) is 3. The minimum absolute atomic E-state index is 0.0355. The zero-order valence-electron chi connectivity index (χ0n) is 13.0. The van der Waals surface area contributed by atoms with Gasteiger partial charge in [0.15, 0.2) is 6.23 Å². The molecule has 2 aromatic carbocycles. The normalized spacial score (nSPS) is 21.0. The molecule has 0 aromatic heterocycles. The Bertz CT molecular complexity index is 947. The molecule has 3 aliphatic rings. The summed E-state index contributed by atoms with van der Waals surface area (Å²) in [4.78, 5) is 29.1. The van der Waals surface area contributed by atoms with E-state index in [1.165, 1.54) is 0 Å². The third-order valence-corrected chi connectivity index (χ3v) is 4.92. The highest BCUT2D eigenvalue weighted by Crippen LogP contribution is 2.47. The fourth-order valence-corrected chi connectivity index (χ4v) is 3.87. The Morgan fingerprint density at radius 2 is 1.38 bits per heavy atom. The van der Waals surface area contributed by atoms with Gasteiger partial charge in [-0.3, -0.25) is 14.5 Å². The van der Waals surface area contributed by atoms with Crippen LogP contribution in [0.3, 0.4) is 0 Å². The van der Waals surface area contributed by atoms with Gasteiger partial charge in [0.2, 0.25) is 0 Å². The first-order chi connectivity index (χ1) is 11.7. The largest absolute Gasteiger partial charge is 0.359 e. The third kappa shape index (κ3) is 1.47. The van der Waals surface area contributed by atoms with Gasteiger partial charge in [-0.15, -0.1) is 0 Å². The Labute approximate surface area is 138 Å². The van der Waals surface area contributed by atoms with Crippen molar-refractivity contribution in [2.24, 2.45) is 0 Å². The predicted octanol–water partition coefficient (Wildman–Crippen LogP) is 2.41. The summed E-state index contributed by atoms with van der Waals surface area (Å²) >= 11 is 0. The summed E-state index contributed by atoms with van der Waals surface area (Å²) in [5.41, 5.74) is 4.64. The highest BCUT2D eigenvalue weighted by Gasteiger charge is 2.48.